The number of benzene rings is 3. The normalized spacial score (nSPS) is 12.5. The van der Waals surface area contributed by atoms with Crippen LogP contribution in [0.3, 0.4) is 0 Å². The van der Waals surface area contributed by atoms with E-state index in [9.17, 15) is 9.59 Å². The highest BCUT2D eigenvalue weighted by atomic mass is 35.5. The van der Waals surface area contributed by atoms with Gasteiger partial charge in [0, 0.05) is 27.5 Å². The number of hydrogen-bond donors (Lipinski definition) is 2. The summed E-state index contributed by atoms with van der Waals surface area (Å²) in [5.41, 5.74) is 9.94. The SMILES string of the molecule is Cc1cc(Nc2ccc(Cl)cc2)c2c(c1N)C(=O)c1ccccc1C2=O. The number of rotatable bonds is 2. The topological polar surface area (TPSA) is 72.2 Å². The summed E-state index contributed by atoms with van der Waals surface area (Å²) < 4.78 is 0. The van der Waals surface area contributed by atoms with Crippen LogP contribution in [0.1, 0.15) is 37.4 Å². The molecule has 0 saturated carbocycles. The minimum Gasteiger partial charge on any atom is -0.398 e. The van der Waals surface area contributed by atoms with E-state index in [2.05, 4.69) is 5.32 Å². The van der Waals surface area contributed by atoms with E-state index in [0.717, 1.165) is 11.3 Å². The first-order valence-electron chi connectivity index (χ1n) is 8.11. The number of nitrogens with two attached hydrogens (primary N) is 1. The molecule has 0 aromatic heterocycles. The average molecular weight is 363 g/mol. The number of halogens is 1. The van der Waals surface area contributed by atoms with Gasteiger partial charge in [-0.3, -0.25) is 9.59 Å². The monoisotopic (exact) mass is 362 g/mol. The van der Waals surface area contributed by atoms with Crippen LogP contribution in [-0.2, 0) is 0 Å². The maximum Gasteiger partial charge on any atom is 0.196 e. The molecule has 0 atom stereocenters. The number of fused-ring (bicyclic) bond motifs is 2. The van der Waals surface area contributed by atoms with Crippen molar-refractivity contribution in [3.63, 3.8) is 0 Å². The van der Waals surface area contributed by atoms with E-state index in [-0.39, 0.29) is 17.1 Å². The first-order valence-corrected chi connectivity index (χ1v) is 8.49. The van der Waals surface area contributed by atoms with Crippen LogP contribution in [-0.4, -0.2) is 11.6 Å². The van der Waals surface area contributed by atoms with Crippen molar-refractivity contribution in [3.05, 3.63) is 87.4 Å². The molecule has 3 aromatic carbocycles. The third-order valence-corrected chi connectivity index (χ3v) is 4.82. The fourth-order valence-corrected chi connectivity index (χ4v) is 3.37. The van der Waals surface area contributed by atoms with Gasteiger partial charge in [-0.2, -0.15) is 0 Å². The predicted octanol–water partition coefficient (Wildman–Crippen LogP) is 4.75. The van der Waals surface area contributed by atoms with Crippen molar-refractivity contribution in [2.45, 2.75) is 6.92 Å². The van der Waals surface area contributed by atoms with Crippen LogP contribution in [0.15, 0.2) is 54.6 Å². The smallest absolute Gasteiger partial charge is 0.196 e. The van der Waals surface area contributed by atoms with E-state index in [0.29, 0.717) is 33.1 Å². The van der Waals surface area contributed by atoms with E-state index in [4.69, 9.17) is 17.3 Å². The van der Waals surface area contributed by atoms with Gasteiger partial charge in [0.1, 0.15) is 0 Å². The van der Waals surface area contributed by atoms with Crippen LogP contribution in [0, 0.1) is 6.92 Å². The molecule has 0 radical (unpaired) electrons. The summed E-state index contributed by atoms with van der Waals surface area (Å²) in [6, 6.07) is 15.7. The van der Waals surface area contributed by atoms with Crippen LogP contribution in [0.5, 0.6) is 0 Å². The molecule has 5 heteroatoms. The number of nitrogen functional groups attached to an aromatic ring is 1. The van der Waals surface area contributed by atoms with Crippen LogP contribution in [0.2, 0.25) is 5.02 Å². The summed E-state index contributed by atoms with van der Waals surface area (Å²) in [6.07, 6.45) is 0. The van der Waals surface area contributed by atoms with E-state index < -0.39 is 0 Å². The van der Waals surface area contributed by atoms with Crippen molar-refractivity contribution >= 4 is 40.2 Å². The van der Waals surface area contributed by atoms with E-state index in [1.807, 2.05) is 19.1 Å². The number of aryl methyl sites for hydroxylation is 1. The highest BCUT2D eigenvalue weighted by Crippen LogP contribution is 2.38. The molecule has 128 valence electrons. The Hall–Kier alpha value is -3.11. The summed E-state index contributed by atoms with van der Waals surface area (Å²) in [5.74, 6) is -0.436. The Labute approximate surface area is 155 Å². The molecule has 0 spiro atoms. The molecule has 26 heavy (non-hydrogen) atoms. The highest BCUT2D eigenvalue weighted by Gasteiger charge is 2.34. The fraction of sp³-hybridized carbons (Fsp3) is 0.0476. The second kappa shape index (κ2) is 6.00. The number of hydrogen-bond acceptors (Lipinski definition) is 4. The number of nitrogens with one attached hydrogen (secondary N) is 1. The number of carbonyl (C=O) groups excluding carboxylic acids is 2. The first-order chi connectivity index (χ1) is 12.5. The minimum absolute atomic E-state index is 0.210. The Morgan fingerprint density at radius 1 is 0.885 bits per heavy atom. The van der Waals surface area contributed by atoms with Crippen molar-refractivity contribution in [2.75, 3.05) is 11.1 Å². The standard InChI is InChI=1S/C21H15ClN2O2/c1-11-10-16(24-13-8-6-12(22)7-9-13)17-18(19(11)23)21(26)15-5-3-2-4-14(15)20(17)25/h2-10,24H,23H2,1H3. The summed E-state index contributed by atoms with van der Waals surface area (Å²) in [4.78, 5) is 26.1. The van der Waals surface area contributed by atoms with Gasteiger partial charge in [-0.1, -0.05) is 35.9 Å². The molecule has 3 aromatic rings. The second-order valence-corrected chi connectivity index (χ2v) is 6.68. The zero-order valence-corrected chi connectivity index (χ0v) is 14.7. The Morgan fingerprint density at radius 2 is 1.46 bits per heavy atom. The van der Waals surface area contributed by atoms with Crippen LogP contribution >= 0.6 is 11.6 Å². The van der Waals surface area contributed by atoms with Gasteiger partial charge in [0.05, 0.1) is 16.8 Å². The third kappa shape index (κ3) is 2.47. The van der Waals surface area contributed by atoms with Gasteiger partial charge in [0.2, 0.25) is 0 Å². The average Bonchev–Trinajstić information content (AvgIpc) is 2.64. The quantitative estimate of drug-likeness (QED) is 0.505. The number of ketones is 2. The zero-order valence-electron chi connectivity index (χ0n) is 14.0. The van der Waals surface area contributed by atoms with Gasteiger partial charge in [-0.25, -0.2) is 0 Å². The minimum atomic E-state index is -0.226. The Balaban J connectivity index is 1.93. The third-order valence-electron chi connectivity index (χ3n) is 4.57. The molecule has 0 aliphatic heterocycles. The lowest BCUT2D eigenvalue weighted by atomic mass is 9.81. The molecule has 1 aliphatic rings. The Bertz CT molecular complexity index is 1070. The largest absolute Gasteiger partial charge is 0.398 e. The van der Waals surface area contributed by atoms with Crippen LogP contribution in [0.4, 0.5) is 17.1 Å². The molecule has 4 nitrogen and oxygen atoms in total. The second-order valence-electron chi connectivity index (χ2n) is 6.24. The van der Waals surface area contributed by atoms with Crippen molar-refractivity contribution in [2.24, 2.45) is 0 Å². The Kier molecular flexibility index (Phi) is 3.78. The molecule has 3 N–H and O–H groups in total. The summed E-state index contributed by atoms with van der Waals surface area (Å²) in [7, 11) is 0. The molecular formula is C21H15ClN2O2. The molecule has 0 saturated heterocycles. The molecule has 0 heterocycles. The lowest BCUT2D eigenvalue weighted by Crippen LogP contribution is -2.24. The van der Waals surface area contributed by atoms with Crippen LogP contribution < -0.4 is 11.1 Å². The molecule has 4 rings (SSSR count). The summed E-state index contributed by atoms with van der Waals surface area (Å²) in [6.45, 7) is 1.82. The van der Waals surface area contributed by atoms with Crippen molar-refractivity contribution < 1.29 is 9.59 Å². The highest BCUT2D eigenvalue weighted by molar-refractivity contribution is 6.32. The molecule has 0 bridgehead atoms. The van der Waals surface area contributed by atoms with Gasteiger partial charge in [0.25, 0.3) is 0 Å². The molecule has 0 fully saturated rings. The Morgan fingerprint density at radius 3 is 2.08 bits per heavy atom. The maximum atomic E-state index is 13.1. The summed E-state index contributed by atoms with van der Waals surface area (Å²) >= 11 is 5.93. The van der Waals surface area contributed by atoms with E-state index in [1.54, 1.807) is 42.5 Å². The van der Waals surface area contributed by atoms with Crippen molar-refractivity contribution in [1.82, 2.24) is 0 Å². The fourth-order valence-electron chi connectivity index (χ4n) is 3.24. The lowest BCUT2D eigenvalue weighted by Gasteiger charge is -2.23. The number of anilines is 3. The first kappa shape index (κ1) is 16.4. The predicted molar refractivity (Wildman–Crippen MR) is 104 cm³/mol. The van der Waals surface area contributed by atoms with Gasteiger partial charge in [0.15, 0.2) is 11.6 Å². The van der Waals surface area contributed by atoms with Gasteiger partial charge < -0.3 is 11.1 Å². The molecule has 0 unspecified atom stereocenters. The van der Waals surface area contributed by atoms with E-state index >= 15 is 0 Å². The van der Waals surface area contributed by atoms with Gasteiger partial charge in [-0.15, -0.1) is 0 Å². The number of carbonyl (C=O) groups is 2. The van der Waals surface area contributed by atoms with Gasteiger partial charge >= 0.3 is 0 Å². The molecule has 0 amide bonds. The maximum absolute atomic E-state index is 13.1. The van der Waals surface area contributed by atoms with Crippen LogP contribution in [0.25, 0.3) is 0 Å². The van der Waals surface area contributed by atoms with Crippen molar-refractivity contribution in [3.8, 4) is 0 Å². The van der Waals surface area contributed by atoms with E-state index in [1.165, 1.54) is 0 Å². The lowest BCUT2D eigenvalue weighted by molar-refractivity contribution is 0.0980. The van der Waals surface area contributed by atoms with Crippen molar-refractivity contribution in [1.29, 1.82) is 0 Å². The molecular weight excluding hydrogens is 348 g/mol. The van der Waals surface area contributed by atoms with Gasteiger partial charge in [-0.05, 0) is 42.8 Å². The summed E-state index contributed by atoms with van der Waals surface area (Å²) in [5, 5.41) is 3.84. The molecule has 1 aliphatic carbocycles. The zero-order chi connectivity index (χ0) is 18.4.